The van der Waals surface area contributed by atoms with Crippen LogP contribution in [0.2, 0.25) is 0 Å². The Morgan fingerprint density at radius 1 is 1.27 bits per heavy atom. The lowest BCUT2D eigenvalue weighted by atomic mass is 10.1. The van der Waals surface area contributed by atoms with Crippen LogP contribution in [-0.4, -0.2) is 55.7 Å². The number of nitrogens with zero attached hydrogens (tertiary/aromatic N) is 6. The van der Waals surface area contributed by atoms with Gasteiger partial charge in [-0.05, 0) is 31.0 Å². The van der Waals surface area contributed by atoms with Crippen molar-refractivity contribution in [3.8, 4) is 17.8 Å². The van der Waals surface area contributed by atoms with Crippen LogP contribution in [0.3, 0.4) is 0 Å². The third kappa shape index (κ3) is 3.44. The number of aromatic nitrogens is 6. The fraction of sp³-hybridized carbons (Fsp3) is 0.238. The summed E-state index contributed by atoms with van der Waals surface area (Å²) in [5.74, 6) is 4.82. The molecule has 0 bridgehead atoms. The van der Waals surface area contributed by atoms with Gasteiger partial charge in [0.25, 0.3) is 0 Å². The Balaban J connectivity index is 1.59. The summed E-state index contributed by atoms with van der Waals surface area (Å²) in [4.78, 5) is 11.3. The Bertz CT molecular complexity index is 1210. The smallest absolute Gasteiger partial charge is 0.168 e. The van der Waals surface area contributed by atoms with Crippen LogP contribution < -0.4 is 10.2 Å². The lowest BCUT2D eigenvalue weighted by Gasteiger charge is -2.34. The van der Waals surface area contributed by atoms with E-state index in [1.54, 1.807) is 29.5 Å². The summed E-state index contributed by atoms with van der Waals surface area (Å²) in [6, 6.07) is 10.9. The van der Waals surface area contributed by atoms with Crippen molar-refractivity contribution in [2.45, 2.75) is 13.0 Å². The van der Waals surface area contributed by atoms with Gasteiger partial charge in [-0.1, -0.05) is 0 Å². The maximum Gasteiger partial charge on any atom is 0.168 e. The van der Waals surface area contributed by atoms with Crippen LogP contribution in [0, 0.1) is 12.0 Å². The number of anilines is 2. The van der Waals surface area contributed by atoms with E-state index < -0.39 is 0 Å². The zero-order chi connectivity index (χ0) is 20.3. The molecule has 1 atom stereocenters. The van der Waals surface area contributed by atoms with Gasteiger partial charge < -0.3 is 15.0 Å². The molecule has 4 aromatic rings. The van der Waals surface area contributed by atoms with E-state index in [9.17, 15) is 0 Å². The second-order valence-electron chi connectivity index (χ2n) is 7.00. The number of pyridine rings is 2. The summed E-state index contributed by atoms with van der Waals surface area (Å²) in [5, 5.41) is 15.4. The molecule has 5 rings (SSSR count). The Labute approximate surface area is 173 Å². The zero-order valence-electron chi connectivity index (χ0n) is 16.4. The lowest BCUT2D eigenvalue weighted by Crippen LogP contribution is -2.44. The average molecular weight is 400 g/mol. The van der Waals surface area contributed by atoms with Gasteiger partial charge >= 0.3 is 0 Å². The Kier molecular flexibility index (Phi) is 4.75. The van der Waals surface area contributed by atoms with Gasteiger partial charge in [0, 0.05) is 30.4 Å². The fourth-order valence-electron chi connectivity index (χ4n) is 3.46. The topological polar surface area (TPSA) is 96.8 Å². The first-order chi connectivity index (χ1) is 14.8. The molecule has 0 saturated carbocycles. The number of ether oxygens (including phenoxy) is 1. The van der Waals surface area contributed by atoms with E-state index >= 15 is 0 Å². The molecule has 0 unspecified atom stereocenters. The van der Waals surface area contributed by atoms with Gasteiger partial charge in [0.1, 0.15) is 5.82 Å². The first-order valence-corrected chi connectivity index (χ1v) is 9.69. The van der Waals surface area contributed by atoms with Gasteiger partial charge in [0.2, 0.25) is 0 Å². The van der Waals surface area contributed by atoms with Crippen molar-refractivity contribution in [2.24, 2.45) is 0 Å². The maximum atomic E-state index is 5.59. The number of aromatic amines is 1. The molecule has 9 nitrogen and oxygen atoms in total. The minimum Gasteiger partial charge on any atom is -0.377 e. The SMILES string of the molecule is C[C@@H]1COCCN1c1cc(C#CNc2cccnc2)c2cnn(-c3ccn[nH]3)c2n1. The summed E-state index contributed by atoms with van der Waals surface area (Å²) in [7, 11) is 0. The highest BCUT2D eigenvalue weighted by molar-refractivity contribution is 5.85. The van der Waals surface area contributed by atoms with Crippen molar-refractivity contribution in [1.29, 1.82) is 0 Å². The van der Waals surface area contributed by atoms with Crippen LogP contribution in [0.15, 0.2) is 49.1 Å². The van der Waals surface area contributed by atoms with Crippen molar-refractivity contribution in [3.63, 3.8) is 0 Å². The first-order valence-electron chi connectivity index (χ1n) is 9.69. The zero-order valence-corrected chi connectivity index (χ0v) is 16.4. The predicted molar refractivity (Wildman–Crippen MR) is 113 cm³/mol. The quantitative estimate of drug-likeness (QED) is 0.402. The number of nitrogens with one attached hydrogen (secondary N) is 2. The number of hydrogen-bond donors (Lipinski definition) is 2. The standard InChI is InChI=1S/C21H20N8O/c1-15-14-30-10-9-28(15)20-11-16(4-7-23-17-3-2-6-22-12-17)18-13-25-29(21(18)26-20)19-5-8-24-27-19/h2-3,5-6,8,11-13,15,23H,9-10,14H2,1H3,(H,24,27)/t15-/m1/s1. The lowest BCUT2D eigenvalue weighted by molar-refractivity contribution is 0.0985. The van der Waals surface area contributed by atoms with Crippen molar-refractivity contribution >= 4 is 22.5 Å². The molecule has 0 aliphatic carbocycles. The molecule has 1 fully saturated rings. The largest absolute Gasteiger partial charge is 0.377 e. The second-order valence-corrected chi connectivity index (χ2v) is 7.00. The summed E-state index contributed by atoms with van der Waals surface area (Å²) >= 11 is 0. The highest BCUT2D eigenvalue weighted by Gasteiger charge is 2.22. The Morgan fingerprint density at radius 2 is 2.23 bits per heavy atom. The van der Waals surface area contributed by atoms with Crippen LogP contribution in [-0.2, 0) is 4.74 Å². The van der Waals surface area contributed by atoms with Crippen LogP contribution in [0.25, 0.3) is 16.9 Å². The molecule has 9 heteroatoms. The molecule has 0 aromatic carbocycles. The molecule has 1 saturated heterocycles. The van der Waals surface area contributed by atoms with E-state index in [0.29, 0.717) is 13.2 Å². The Hall–Kier alpha value is -3.90. The molecule has 1 aliphatic rings. The molecule has 30 heavy (non-hydrogen) atoms. The maximum absolute atomic E-state index is 5.59. The highest BCUT2D eigenvalue weighted by Crippen LogP contribution is 2.26. The van der Waals surface area contributed by atoms with Crippen molar-refractivity contribution < 1.29 is 4.74 Å². The van der Waals surface area contributed by atoms with E-state index in [-0.39, 0.29) is 6.04 Å². The minimum absolute atomic E-state index is 0.224. The first kappa shape index (κ1) is 18.1. The molecule has 4 aromatic heterocycles. The van der Waals surface area contributed by atoms with Gasteiger partial charge in [0.15, 0.2) is 11.5 Å². The molecule has 5 heterocycles. The predicted octanol–water partition coefficient (Wildman–Crippen LogP) is 2.18. The summed E-state index contributed by atoms with van der Waals surface area (Å²) in [6.45, 7) is 4.25. The van der Waals surface area contributed by atoms with Crippen LogP contribution >= 0.6 is 0 Å². The van der Waals surface area contributed by atoms with E-state index in [0.717, 1.165) is 40.5 Å². The normalized spacial score (nSPS) is 16.3. The van der Waals surface area contributed by atoms with Crippen molar-refractivity contribution in [2.75, 3.05) is 30.0 Å². The van der Waals surface area contributed by atoms with Crippen molar-refractivity contribution in [3.05, 3.63) is 54.6 Å². The Morgan fingerprint density at radius 3 is 3.03 bits per heavy atom. The highest BCUT2D eigenvalue weighted by atomic mass is 16.5. The number of rotatable bonds is 3. The summed E-state index contributed by atoms with van der Waals surface area (Å²) in [5.41, 5.74) is 2.41. The van der Waals surface area contributed by atoms with Crippen LogP contribution in [0.5, 0.6) is 0 Å². The van der Waals surface area contributed by atoms with Gasteiger partial charge in [-0.2, -0.15) is 14.9 Å². The van der Waals surface area contributed by atoms with Gasteiger partial charge in [-0.25, -0.2) is 4.98 Å². The van der Waals surface area contributed by atoms with Crippen LogP contribution in [0.1, 0.15) is 12.5 Å². The van der Waals surface area contributed by atoms with E-state index in [1.165, 1.54) is 0 Å². The van der Waals surface area contributed by atoms with Crippen LogP contribution in [0.4, 0.5) is 11.5 Å². The molecule has 2 N–H and O–H groups in total. The number of fused-ring (bicyclic) bond motifs is 1. The third-order valence-corrected chi connectivity index (χ3v) is 4.97. The third-order valence-electron chi connectivity index (χ3n) is 4.97. The molecule has 150 valence electrons. The molecular formula is C21H20N8O. The molecule has 0 spiro atoms. The second kappa shape index (κ2) is 7.85. The van der Waals surface area contributed by atoms with E-state index in [4.69, 9.17) is 9.72 Å². The molecule has 1 aliphatic heterocycles. The minimum atomic E-state index is 0.224. The fourth-order valence-corrected chi connectivity index (χ4v) is 3.46. The number of H-pyrrole nitrogens is 1. The summed E-state index contributed by atoms with van der Waals surface area (Å²) < 4.78 is 7.34. The molecule has 0 radical (unpaired) electrons. The number of morpholine rings is 1. The van der Waals surface area contributed by atoms with E-state index in [2.05, 4.69) is 49.4 Å². The average Bonchev–Trinajstić information content (AvgIpc) is 3.44. The van der Waals surface area contributed by atoms with E-state index in [1.807, 2.05) is 24.3 Å². The molecular weight excluding hydrogens is 380 g/mol. The monoisotopic (exact) mass is 400 g/mol. The number of hydrogen-bond acceptors (Lipinski definition) is 7. The van der Waals surface area contributed by atoms with Gasteiger partial charge in [0.05, 0.1) is 48.9 Å². The van der Waals surface area contributed by atoms with Gasteiger partial charge in [-0.3, -0.25) is 10.1 Å². The van der Waals surface area contributed by atoms with Gasteiger partial charge in [-0.15, -0.1) is 0 Å². The molecule has 0 amide bonds. The summed E-state index contributed by atoms with van der Waals surface area (Å²) in [6.07, 6.45) is 6.93. The van der Waals surface area contributed by atoms with Crippen molar-refractivity contribution in [1.82, 2.24) is 29.9 Å².